The van der Waals surface area contributed by atoms with Crippen molar-refractivity contribution in [2.45, 2.75) is 76.3 Å². The van der Waals surface area contributed by atoms with Gasteiger partial charge in [-0.2, -0.15) is 18.2 Å². The van der Waals surface area contributed by atoms with E-state index in [0.29, 0.717) is 23.7 Å². The molecule has 2 saturated carbocycles. The first-order valence-corrected chi connectivity index (χ1v) is 10.8. The van der Waals surface area contributed by atoms with Crippen molar-refractivity contribution >= 4 is 6.02 Å². The van der Waals surface area contributed by atoms with Crippen LogP contribution >= 0.6 is 0 Å². The van der Waals surface area contributed by atoms with Gasteiger partial charge < -0.3 is 15.2 Å². The topological polar surface area (TPSA) is 56.7 Å². The molecular formula is C24H32FeN2O2. The summed E-state index contributed by atoms with van der Waals surface area (Å²) in [6, 6.07) is 11.1. The Labute approximate surface area is 185 Å². The van der Waals surface area contributed by atoms with Crippen molar-refractivity contribution in [1.82, 2.24) is 5.32 Å². The first-order valence-electron chi connectivity index (χ1n) is 10.8. The fraction of sp³-hybridized carbons (Fsp3) is 0.500. The standard InChI is InChI=1S/C19H28N2O2.C5H5.Fe/c22-18(15-9-7-8-10-15)23-19(20-16-11-3-1-4-12-16)21-17-13-5-2-6-14-17;1-2-4-5-3-1;/h7-10,16-17,22H,1-6,11-14H2,(H,20,21);1-5H;/q;-1;+2/p-1. The zero-order valence-corrected chi connectivity index (χ0v) is 18.1. The molecule has 1 aromatic carbocycles. The van der Waals surface area contributed by atoms with Crippen LogP contribution in [0.3, 0.4) is 0 Å². The number of hydrogen-bond acceptors (Lipinski definition) is 3. The van der Waals surface area contributed by atoms with Gasteiger partial charge in [0.05, 0.1) is 12.0 Å². The monoisotopic (exact) mass is 436 g/mol. The molecule has 0 atom stereocenters. The van der Waals surface area contributed by atoms with Gasteiger partial charge in [0.15, 0.2) is 6.02 Å². The molecule has 2 fully saturated rings. The minimum Gasteiger partial charge on any atom is -0.552 e. The van der Waals surface area contributed by atoms with E-state index in [0.717, 1.165) is 25.7 Å². The number of amidine groups is 1. The van der Waals surface area contributed by atoms with E-state index in [4.69, 9.17) is 9.73 Å². The van der Waals surface area contributed by atoms with Crippen LogP contribution in [0.2, 0.25) is 0 Å². The minimum absolute atomic E-state index is 0. The van der Waals surface area contributed by atoms with Gasteiger partial charge in [-0.3, -0.25) is 4.99 Å². The molecule has 1 aromatic rings. The molecule has 0 heterocycles. The third kappa shape index (κ3) is 8.59. The molecule has 0 radical (unpaired) electrons. The molecule has 3 aliphatic rings. The van der Waals surface area contributed by atoms with E-state index >= 15 is 0 Å². The van der Waals surface area contributed by atoms with Crippen LogP contribution in [0.1, 0.15) is 64.2 Å². The van der Waals surface area contributed by atoms with Crippen molar-refractivity contribution in [3.8, 4) is 0 Å². The Kier molecular flexibility index (Phi) is 10.8. The molecule has 0 bridgehead atoms. The SMILES string of the molecule is [Fe+2].[O-]C(OC(=NC1CCCCC1)NC1CCCCC1)=C1C=CC=C1.c1cc[cH-]c1. The van der Waals surface area contributed by atoms with Crippen molar-refractivity contribution in [2.75, 3.05) is 0 Å². The van der Waals surface area contributed by atoms with Gasteiger partial charge in [0, 0.05) is 6.04 Å². The number of allylic oxidation sites excluding steroid dienone is 5. The van der Waals surface area contributed by atoms with Gasteiger partial charge in [0.25, 0.3) is 0 Å². The van der Waals surface area contributed by atoms with E-state index in [1.807, 2.05) is 42.5 Å². The van der Waals surface area contributed by atoms with E-state index in [9.17, 15) is 5.11 Å². The summed E-state index contributed by atoms with van der Waals surface area (Å²) in [5, 5.41) is 15.7. The van der Waals surface area contributed by atoms with Crippen LogP contribution in [0, 0.1) is 0 Å². The Balaban J connectivity index is 0.000000437. The number of rotatable bonds is 3. The Morgan fingerprint density at radius 2 is 1.52 bits per heavy atom. The van der Waals surface area contributed by atoms with Crippen LogP contribution in [0.15, 0.2) is 71.1 Å². The van der Waals surface area contributed by atoms with E-state index in [1.165, 1.54) is 38.5 Å². The molecule has 4 rings (SSSR count). The Morgan fingerprint density at radius 3 is 2.07 bits per heavy atom. The van der Waals surface area contributed by atoms with Crippen molar-refractivity contribution in [3.63, 3.8) is 0 Å². The molecule has 0 aromatic heterocycles. The van der Waals surface area contributed by atoms with Crippen LogP contribution in [-0.4, -0.2) is 18.1 Å². The van der Waals surface area contributed by atoms with Crippen molar-refractivity contribution < 1.29 is 26.9 Å². The molecule has 0 unspecified atom stereocenters. The molecule has 0 spiro atoms. The Bertz CT molecular complexity index is 649. The molecule has 29 heavy (non-hydrogen) atoms. The predicted molar refractivity (Wildman–Crippen MR) is 113 cm³/mol. The van der Waals surface area contributed by atoms with E-state index in [1.54, 1.807) is 12.2 Å². The summed E-state index contributed by atoms with van der Waals surface area (Å²) >= 11 is 0. The maximum atomic E-state index is 12.3. The molecule has 1 N–H and O–H groups in total. The van der Waals surface area contributed by atoms with Crippen molar-refractivity contribution in [2.24, 2.45) is 4.99 Å². The zero-order chi connectivity index (χ0) is 19.4. The number of hydrogen-bond donors (Lipinski definition) is 1. The maximum absolute atomic E-state index is 12.3. The number of nitrogens with zero attached hydrogens (tertiary/aromatic N) is 1. The van der Waals surface area contributed by atoms with E-state index in [2.05, 4.69) is 5.32 Å². The number of ether oxygens (including phenoxy) is 1. The molecular weight excluding hydrogens is 404 g/mol. The third-order valence-corrected chi connectivity index (χ3v) is 5.45. The van der Waals surface area contributed by atoms with Gasteiger partial charge in [-0.25, -0.2) is 12.1 Å². The van der Waals surface area contributed by atoms with Crippen molar-refractivity contribution in [1.29, 1.82) is 0 Å². The Hall–Kier alpha value is -1.84. The van der Waals surface area contributed by atoms with Gasteiger partial charge in [-0.1, -0.05) is 62.8 Å². The fourth-order valence-electron chi connectivity index (χ4n) is 3.87. The number of nitrogens with one attached hydrogen (secondary N) is 1. The van der Waals surface area contributed by atoms with Crippen LogP contribution < -0.4 is 10.4 Å². The zero-order valence-electron chi connectivity index (χ0n) is 17.0. The quantitative estimate of drug-likeness (QED) is 0.245. The van der Waals surface area contributed by atoms with Crippen molar-refractivity contribution in [3.05, 3.63) is 66.2 Å². The predicted octanol–water partition coefficient (Wildman–Crippen LogP) is 4.71. The van der Waals surface area contributed by atoms with Crippen LogP contribution in [0.25, 0.3) is 0 Å². The summed E-state index contributed by atoms with van der Waals surface area (Å²) in [6.45, 7) is 0. The summed E-state index contributed by atoms with van der Waals surface area (Å²) in [4.78, 5) is 4.74. The second kappa shape index (κ2) is 13.4. The van der Waals surface area contributed by atoms with Gasteiger partial charge in [0.2, 0.25) is 0 Å². The molecule has 4 nitrogen and oxygen atoms in total. The number of aliphatic imine (C=N–C) groups is 1. The summed E-state index contributed by atoms with van der Waals surface area (Å²) < 4.78 is 5.60. The minimum atomic E-state index is -0.312. The summed E-state index contributed by atoms with van der Waals surface area (Å²) in [5.41, 5.74) is 0.590. The largest absolute Gasteiger partial charge is 2.00 e. The molecule has 158 valence electrons. The van der Waals surface area contributed by atoms with Gasteiger partial charge in [-0.15, -0.1) is 0 Å². The first-order chi connectivity index (χ1) is 13.8. The fourth-order valence-corrected chi connectivity index (χ4v) is 3.87. The second-order valence-corrected chi connectivity index (χ2v) is 7.73. The molecule has 0 saturated heterocycles. The van der Waals surface area contributed by atoms with Crippen LogP contribution in [0.5, 0.6) is 0 Å². The summed E-state index contributed by atoms with van der Waals surface area (Å²) in [5.74, 6) is -0.312. The van der Waals surface area contributed by atoms with Gasteiger partial charge in [0.1, 0.15) is 0 Å². The normalized spacial score (nSPS) is 19.9. The molecule has 5 heteroatoms. The van der Waals surface area contributed by atoms with Gasteiger partial charge >= 0.3 is 17.1 Å². The summed E-state index contributed by atoms with van der Waals surface area (Å²) in [6.07, 6.45) is 19.3. The third-order valence-electron chi connectivity index (χ3n) is 5.45. The average Bonchev–Trinajstić information content (AvgIpc) is 3.46. The summed E-state index contributed by atoms with van der Waals surface area (Å²) in [7, 11) is 0. The van der Waals surface area contributed by atoms with Crippen LogP contribution in [0.4, 0.5) is 0 Å². The molecule has 0 amide bonds. The Morgan fingerprint density at radius 1 is 0.931 bits per heavy atom. The molecule has 3 aliphatic carbocycles. The average molecular weight is 436 g/mol. The van der Waals surface area contributed by atoms with E-state index in [-0.39, 0.29) is 23.0 Å². The van der Waals surface area contributed by atoms with Crippen LogP contribution in [-0.2, 0) is 21.8 Å². The maximum Gasteiger partial charge on any atom is 2.00 e. The van der Waals surface area contributed by atoms with E-state index < -0.39 is 0 Å². The smallest absolute Gasteiger partial charge is 0.552 e. The molecule has 0 aliphatic heterocycles. The second-order valence-electron chi connectivity index (χ2n) is 7.73. The first kappa shape index (κ1) is 23.4. The van der Waals surface area contributed by atoms with Gasteiger partial charge in [-0.05, 0) is 31.3 Å².